The molecule has 0 saturated heterocycles. The quantitative estimate of drug-likeness (QED) is 0.855. The molecule has 0 atom stereocenters. The van der Waals surface area contributed by atoms with Gasteiger partial charge in [0.25, 0.3) is 0 Å². The molecule has 0 fully saturated rings. The van der Waals surface area contributed by atoms with E-state index in [0.29, 0.717) is 12.1 Å². The van der Waals surface area contributed by atoms with Crippen molar-refractivity contribution in [2.45, 2.75) is 53.0 Å². The Morgan fingerprint density at radius 2 is 2.00 bits per heavy atom. The average Bonchev–Trinajstić information content (AvgIpc) is 2.72. The van der Waals surface area contributed by atoms with E-state index in [4.69, 9.17) is 0 Å². The third kappa shape index (κ3) is 2.75. The maximum absolute atomic E-state index is 11.5. The van der Waals surface area contributed by atoms with Gasteiger partial charge in [-0.15, -0.1) is 0 Å². The average molecular weight is 303 g/mol. The Morgan fingerprint density at radius 1 is 1.32 bits per heavy atom. The molecule has 1 aromatic heterocycles. The smallest absolute Gasteiger partial charge is 0.335 e. The van der Waals surface area contributed by atoms with Crippen molar-refractivity contribution < 1.29 is 15.0 Å². The minimum Gasteiger partial charge on any atom is -0.478 e. The van der Waals surface area contributed by atoms with Crippen LogP contribution in [0.1, 0.15) is 60.3 Å². The lowest BCUT2D eigenvalue weighted by Crippen LogP contribution is -2.07. The number of aliphatic hydroxyl groups is 1. The van der Waals surface area contributed by atoms with Crippen LogP contribution in [0.5, 0.6) is 0 Å². The van der Waals surface area contributed by atoms with E-state index in [1.807, 2.05) is 0 Å². The summed E-state index contributed by atoms with van der Waals surface area (Å²) in [5, 5.41) is 19.8. The molecule has 0 aliphatic heterocycles. The van der Waals surface area contributed by atoms with E-state index >= 15 is 0 Å². The van der Waals surface area contributed by atoms with Gasteiger partial charge in [-0.25, -0.2) is 4.79 Å². The zero-order chi connectivity index (χ0) is 16.4. The van der Waals surface area contributed by atoms with Crippen molar-refractivity contribution >= 4 is 16.9 Å². The molecule has 22 heavy (non-hydrogen) atoms. The number of benzene rings is 1. The Balaban J connectivity index is 2.89. The van der Waals surface area contributed by atoms with Crippen LogP contribution in [0.15, 0.2) is 12.1 Å². The normalized spacial score (nSPS) is 11.5. The van der Waals surface area contributed by atoms with Crippen molar-refractivity contribution in [3.05, 3.63) is 34.5 Å². The summed E-state index contributed by atoms with van der Waals surface area (Å²) in [6, 6.07) is 3.56. The van der Waals surface area contributed by atoms with Crippen molar-refractivity contribution in [3.8, 4) is 0 Å². The van der Waals surface area contributed by atoms with E-state index in [9.17, 15) is 15.0 Å². The Hall–Kier alpha value is -1.81. The summed E-state index contributed by atoms with van der Waals surface area (Å²) >= 11 is 0. The van der Waals surface area contributed by atoms with Gasteiger partial charge in [0.2, 0.25) is 0 Å². The number of carbonyl (C=O) groups is 1. The van der Waals surface area contributed by atoms with Gasteiger partial charge in [0, 0.05) is 17.6 Å². The molecule has 0 radical (unpaired) electrons. The molecule has 1 heterocycles. The first-order chi connectivity index (χ1) is 10.4. The highest BCUT2D eigenvalue weighted by atomic mass is 16.4. The second-order valence-corrected chi connectivity index (χ2v) is 6.11. The predicted octanol–water partition coefficient (Wildman–Crippen LogP) is 3.72. The van der Waals surface area contributed by atoms with Gasteiger partial charge in [-0.05, 0) is 42.5 Å². The maximum atomic E-state index is 11.5. The van der Waals surface area contributed by atoms with Crippen molar-refractivity contribution in [1.29, 1.82) is 0 Å². The van der Waals surface area contributed by atoms with Crippen LogP contribution in [-0.4, -0.2) is 27.4 Å². The first kappa shape index (κ1) is 16.6. The summed E-state index contributed by atoms with van der Waals surface area (Å²) in [5.41, 5.74) is 4.80. The highest BCUT2D eigenvalue weighted by Gasteiger charge is 2.20. The number of carboxylic acid groups (broad SMARTS) is 1. The molecule has 0 bridgehead atoms. The van der Waals surface area contributed by atoms with Gasteiger partial charge < -0.3 is 14.8 Å². The Morgan fingerprint density at radius 3 is 2.50 bits per heavy atom. The Labute approximate surface area is 131 Å². The van der Waals surface area contributed by atoms with Crippen molar-refractivity contribution in [2.75, 3.05) is 6.61 Å². The molecule has 0 saturated carbocycles. The number of rotatable bonds is 6. The van der Waals surface area contributed by atoms with Crippen LogP contribution in [0.4, 0.5) is 0 Å². The van der Waals surface area contributed by atoms with Gasteiger partial charge in [0.05, 0.1) is 17.7 Å². The van der Waals surface area contributed by atoms with Crippen LogP contribution in [0, 0.1) is 6.92 Å². The largest absolute Gasteiger partial charge is 0.478 e. The van der Waals surface area contributed by atoms with E-state index in [2.05, 4.69) is 32.3 Å². The standard InChI is InChI=1S/C18H25NO3/c1-5-6-14-12(4)19(7-8-20)17-15(11(2)3)9-13(18(21)22)10-16(14)17/h9-11,20H,5-8H2,1-4H3,(H,21,22). The first-order valence-electron chi connectivity index (χ1n) is 7.92. The number of nitrogens with zero attached hydrogens (tertiary/aromatic N) is 1. The summed E-state index contributed by atoms with van der Waals surface area (Å²) in [7, 11) is 0. The van der Waals surface area contributed by atoms with Gasteiger partial charge in [-0.1, -0.05) is 27.2 Å². The minimum atomic E-state index is -0.890. The monoisotopic (exact) mass is 303 g/mol. The molecule has 1 aromatic carbocycles. The maximum Gasteiger partial charge on any atom is 0.335 e. The predicted molar refractivity (Wildman–Crippen MR) is 88.8 cm³/mol. The van der Waals surface area contributed by atoms with E-state index in [1.165, 1.54) is 5.56 Å². The molecule has 0 aliphatic rings. The van der Waals surface area contributed by atoms with Crippen molar-refractivity contribution in [2.24, 2.45) is 0 Å². The molecule has 4 heteroatoms. The Kier molecular flexibility index (Phi) is 4.91. The van der Waals surface area contributed by atoms with Crippen LogP contribution in [0.2, 0.25) is 0 Å². The van der Waals surface area contributed by atoms with E-state index in [1.54, 1.807) is 12.1 Å². The molecular formula is C18H25NO3. The van der Waals surface area contributed by atoms with Crippen LogP contribution in [0.3, 0.4) is 0 Å². The molecule has 0 aliphatic carbocycles. The summed E-state index contributed by atoms with van der Waals surface area (Å²) in [6.07, 6.45) is 1.93. The number of aromatic carboxylic acids is 1. The zero-order valence-corrected chi connectivity index (χ0v) is 13.8. The summed E-state index contributed by atoms with van der Waals surface area (Å²) in [4.78, 5) is 11.5. The number of aliphatic hydroxyl groups excluding tert-OH is 1. The topological polar surface area (TPSA) is 62.5 Å². The molecule has 0 spiro atoms. The van der Waals surface area contributed by atoms with Crippen LogP contribution < -0.4 is 0 Å². The van der Waals surface area contributed by atoms with Crippen LogP contribution in [-0.2, 0) is 13.0 Å². The van der Waals surface area contributed by atoms with Gasteiger partial charge >= 0.3 is 5.97 Å². The molecule has 0 unspecified atom stereocenters. The number of aryl methyl sites for hydroxylation is 1. The summed E-state index contributed by atoms with van der Waals surface area (Å²) in [6.45, 7) is 8.95. The fourth-order valence-corrected chi connectivity index (χ4v) is 3.22. The third-order valence-electron chi connectivity index (χ3n) is 4.27. The molecule has 2 aromatic rings. The fraction of sp³-hybridized carbons (Fsp3) is 0.500. The summed E-state index contributed by atoms with van der Waals surface area (Å²) in [5.74, 6) is -0.665. The third-order valence-corrected chi connectivity index (χ3v) is 4.27. The molecule has 2 rings (SSSR count). The first-order valence-corrected chi connectivity index (χ1v) is 7.92. The second-order valence-electron chi connectivity index (χ2n) is 6.11. The van der Waals surface area contributed by atoms with Crippen LogP contribution in [0.25, 0.3) is 10.9 Å². The molecule has 0 amide bonds. The van der Waals surface area contributed by atoms with Gasteiger partial charge in [0.15, 0.2) is 0 Å². The number of hydrogen-bond acceptors (Lipinski definition) is 2. The number of hydrogen-bond donors (Lipinski definition) is 2. The summed E-state index contributed by atoms with van der Waals surface area (Å²) < 4.78 is 2.14. The van der Waals surface area contributed by atoms with Crippen molar-refractivity contribution in [1.82, 2.24) is 4.57 Å². The van der Waals surface area contributed by atoms with E-state index in [0.717, 1.165) is 35.0 Å². The van der Waals surface area contributed by atoms with Gasteiger partial charge in [0.1, 0.15) is 0 Å². The fourth-order valence-electron chi connectivity index (χ4n) is 3.22. The molecule has 120 valence electrons. The van der Waals surface area contributed by atoms with Crippen molar-refractivity contribution in [3.63, 3.8) is 0 Å². The highest BCUT2D eigenvalue weighted by Crippen LogP contribution is 2.34. The zero-order valence-electron chi connectivity index (χ0n) is 13.8. The lowest BCUT2D eigenvalue weighted by Gasteiger charge is -2.14. The number of fused-ring (bicyclic) bond motifs is 1. The molecule has 4 nitrogen and oxygen atoms in total. The number of carboxylic acids is 1. The number of aromatic nitrogens is 1. The highest BCUT2D eigenvalue weighted by molar-refractivity contribution is 5.97. The van der Waals surface area contributed by atoms with Gasteiger partial charge in [-0.2, -0.15) is 0 Å². The molecule has 2 N–H and O–H groups in total. The second kappa shape index (κ2) is 6.53. The van der Waals surface area contributed by atoms with Crippen LogP contribution >= 0.6 is 0 Å². The SMILES string of the molecule is CCCc1c(C)n(CCO)c2c(C(C)C)cc(C(=O)O)cc12. The minimum absolute atomic E-state index is 0.0778. The lowest BCUT2D eigenvalue weighted by molar-refractivity contribution is 0.0697. The van der Waals surface area contributed by atoms with E-state index in [-0.39, 0.29) is 12.5 Å². The Bertz CT molecular complexity index is 698. The van der Waals surface area contributed by atoms with Gasteiger partial charge in [-0.3, -0.25) is 0 Å². The lowest BCUT2D eigenvalue weighted by atomic mass is 9.95. The molecular weight excluding hydrogens is 278 g/mol. The van der Waals surface area contributed by atoms with E-state index < -0.39 is 5.97 Å².